The molecule has 128 valence electrons. The summed E-state index contributed by atoms with van der Waals surface area (Å²) in [6.07, 6.45) is 6.47. The fourth-order valence-electron chi connectivity index (χ4n) is 3.47. The summed E-state index contributed by atoms with van der Waals surface area (Å²) in [5.41, 5.74) is 1.77. The predicted molar refractivity (Wildman–Crippen MR) is 95.4 cm³/mol. The second-order valence-corrected chi connectivity index (χ2v) is 6.66. The molecule has 5 nitrogen and oxygen atoms in total. The molecule has 1 unspecified atom stereocenters. The number of carbonyl (C=O) groups is 1. The lowest BCUT2D eigenvalue weighted by Gasteiger charge is -2.43. The zero-order valence-electron chi connectivity index (χ0n) is 14.7. The van der Waals surface area contributed by atoms with Crippen LogP contribution in [0.25, 0.3) is 5.69 Å². The first kappa shape index (κ1) is 16.7. The number of benzene rings is 1. The van der Waals surface area contributed by atoms with Crippen LogP contribution in [0.15, 0.2) is 43.0 Å². The van der Waals surface area contributed by atoms with Gasteiger partial charge in [-0.15, -0.1) is 0 Å². The number of hydrogen-bond acceptors (Lipinski definition) is 3. The van der Waals surface area contributed by atoms with Crippen molar-refractivity contribution in [2.75, 3.05) is 19.6 Å². The molecule has 24 heavy (non-hydrogen) atoms. The maximum atomic E-state index is 12.8. The Kier molecular flexibility index (Phi) is 5.00. The Labute approximate surface area is 143 Å². The minimum atomic E-state index is 0.133. The Balaban J connectivity index is 1.70. The van der Waals surface area contributed by atoms with Crippen molar-refractivity contribution in [1.29, 1.82) is 0 Å². The van der Waals surface area contributed by atoms with E-state index in [-0.39, 0.29) is 5.91 Å². The average molecular weight is 326 g/mol. The van der Waals surface area contributed by atoms with Crippen LogP contribution in [-0.2, 0) is 0 Å². The van der Waals surface area contributed by atoms with E-state index in [2.05, 4.69) is 30.7 Å². The summed E-state index contributed by atoms with van der Waals surface area (Å²) in [5.74, 6) is 0.133. The summed E-state index contributed by atoms with van der Waals surface area (Å²) in [7, 11) is 0. The van der Waals surface area contributed by atoms with Crippen LogP contribution in [0, 0.1) is 0 Å². The van der Waals surface area contributed by atoms with Gasteiger partial charge in [-0.1, -0.05) is 6.92 Å². The van der Waals surface area contributed by atoms with Crippen LogP contribution in [0.5, 0.6) is 0 Å². The van der Waals surface area contributed by atoms with E-state index in [0.717, 1.165) is 37.3 Å². The van der Waals surface area contributed by atoms with Gasteiger partial charge in [0.1, 0.15) is 0 Å². The molecule has 0 bridgehead atoms. The van der Waals surface area contributed by atoms with E-state index in [9.17, 15) is 4.79 Å². The maximum absolute atomic E-state index is 12.8. The summed E-state index contributed by atoms with van der Waals surface area (Å²) in [6.45, 7) is 9.24. The molecule has 1 saturated heterocycles. The highest BCUT2D eigenvalue weighted by atomic mass is 16.2. The van der Waals surface area contributed by atoms with Crippen molar-refractivity contribution in [2.24, 2.45) is 0 Å². The van der Waals surface area contributed by atoms with Gasteiger partial charge in [0.25, 0.3) is 5.91 Å². The molecular formula is C19H26N4O. The largest absolute Gasteiger partial charge is 0.336 e. The smallest absolute Gasteiger partial charge is 0.253 e. The number of carbonyl (C=O) groups excluding carboxylic acids is 1. The molecule has 1 fully saturated rings. The van der Waals surface area contributed by atoms with E-state index in [4.69, 9.17) is 0 Å². The SMILES string of the molecule is CCC1CN(C(=O)c2ccc(-n3ccnc3)cc2)CCN1C(C)C. The molecule has 5 heteroatoms. The van der Waals surface area contributed by atoms with Gasteiger partial charge < -0.3 is 9.47 Å². The highest BCUT2D eigenvalue weighted by molar-refractivity contribution is 5.94. The third-order valence-electron chi connectivity index (χ3n) is 4.87. The van der Waals surface area contributed by atoms with E-state index in [1.54, 1.807) is 12.5 Å². The monoisotopic (exact) mass is 326 g/mol. The van der Waals surface area contributed by atoms with Crippen molar-refractivity contribution in [2.45, 2.75) is 39.3 Å². The zero-order valence-corrected chi connectivity index (χ0v) is 14.7. The van der Waals surface area contributed by atoms with Crippen molar-refractivity contribution < 1.29 is 4.79 Å². The molecule has 2 heterocycles. The number of aromatic nitrogens is 2. The van der Waals surface area contributed by atoms with Crippen molar-refractivity contribution in [3.05, 3.63) is 48.5 Å². The normalized spacial score (nSPS) is 19.0. The molecule has 1 atom stereocenters. The van der Waals surface area contributed by atoms with Gasteiger partial charge in [-0.05, 0) is 44.5 Å². The van der Waals surface area contributed by atoms with Crippen molar-refractivity contribution >= 4 is 5.91 Å². The highest BCUT2D eigenvalue weighted by Gasteiger charge is 2.30. The number of nitrogens with zero attached hydrogens (tertiary/aromatic N) is 4. The maximum Gasteiger partial charge on any atom is 0.253 e. The molecule has 1 aliphatic heterocycles. The molecule has 1 amide bonds. The summed E-state index contributed by atoms with van der Waals surface area (Å²) < 4.78 is 1.93. The van der Waals surface area contributed by atoms with Crippen LogP contribution in [0.2, 0.25) is 0 Å². The average Bonchev–Trinajstić information content (AvgIpc) is 3.15. The Morgan fingerprint density at radius 2 is 2.00 bits per heavy atom. The molecule has 0 radical (unpaired) electrons. The van der Waals surface area contributed by atoms with Crippen molar-refractivity contribution in [3.8, 4) is 5.69 Å². The van der Waals surface area contributed by atoms with Gasteiger partial charge in [0.15, 0.2) is 0 Å². The summed E-state index contributed by atoms with van der Waals surface area (Å²) in [5, 5.41) is 0. The van der Waals surface area contributed by atoms with E-state index in [1.807, 2.05) is 39.9 Å². The van der Waals surface area contributed by atoms with Crippen LogP contribution in [0.3, 0.4) is 0 Å². The summed E-state index contributed by atoms with van der Waals surface area (Å²) in [6, 6.07) is 8.74. The van der Waals surface area contributed by atoms with Crippen LogP contribution in [0.4, 0.5) is 0 Å². The van der Waals surface area contributed by atoms with Crippen molar-refractivity contribution in [1.82, 2.24) is 19.4 Å². The van der Waals surface area contributed by atoms with Crippen LogP contribution in [0.1, 0.15) is 37.6 Å². The lowest BCUT2D eigenvalue weighted by atomic mass is 10.1. The third-order valence-corrected chi connectivity index (χ3v) is 4.87. The Bertz CT molecular complexity index is 663. The van der Waals surface area contributed by atoms with Gasteiger partial charge in [-0.3, -0.25) is 9.69 Å². The van der Waals surface area contributed by atoms with Crippen LogP contribution >= 0.6 is 0 Å². The lowest BCUT2D eigenvalue weighted by Crippen LogP contribution is -2.56. The van der Waals surface area contributed by atoms with Gasteiger partial charge in [0, 0.05) is 55.4 Å². The quantitative estimate of drug-likeness (QED) is 0.867. The first-order valence-electron chi connectivity index (χ1n) is 8.73. The zero-order chi connectivity index (χ0) is 17.1. The number of amides is 1. The van der Waals surface area contributed by atoms with E-state index in [0.29, 0.717) is 12.1 Å². The fourth-order valence-corrected chi connectivity index (χ4v) is 3.47. The standard InChI is InChI=1S/C19H26N4O/c1-4-17-13-21(11-12-23(17)15(2)3)19(24)16-5-7-18(8-6-16)22-10-9-20-14-22/h5-10,14-15,17H,4,11-13H2,1-3H3. The number of rotatable bonds is 4. The first-order chi connectivity index (χ1) is 11.6. The molecule has 1 aromatic heterocycles. The number of hydrogen-bond donors (Lipinski definition) is 0. The molecule has 1 aromatic carbocycles. The minimum absolute atomic E-state index is 0.133. The van der Waals surface area contributed by atoms with E-state index in [1.165, 1.54) is 0 Å². The molecule has 2 aromatic rings. The summed E-state index contributed by atoms with van der Waals surface area (Å²) in [4.78, 5) is 21.4. The van der Waals surface area contributed by atoms with Gasteiger partial charge in [-0.25, -0.2) is 4.98 Å². The minimum Gasteiger partial charge on any atom is -0.336 e. The highest BCUT2D eigenvalue weighted by Crippen LogP contribution is 2.18. The first-order valence-corrected chi connectivity index (χ1v) is 8.73. The second-order valence-electron chi connectivity index (χ2n) is 6.66. The Morgan fingerprint density at radius 3 is 2.58 bits per heavy atom. The molecule has 0 spiro atoms. The molecule has 0 N–H and O–H groups in total. The van der Waals surface area contributed by atoms with Crippen LogP contribution < -0.4 is 0 Å². The second kappa shape index (κ2) is 7.18. The summed E-state index contributed by atoms with van der Waals surface area (Å²) >= 11 is 0. The molecule has 0 aliphatic carbocycles. The molecular weight excluding hydrogens is 300 g/mol. The van der Waals surface area contributed by atoms with Crippen molar-refractivity contribution in [3.63, 3.8) is 0 Å². The van der Waals surface area contributed by atoms with Crippen LogP contribution in [-0.4, -0.2) is 57.0 Å². The third kappa shape index (κ3) is 3.36. The van der Waals surface area contributed by atoms with Gasteiger partial charge >= 0.3 is 0 Å². The Hall–Kier alpha value is -2.14. The van der Waals surface area contributed by atoms with Gasteiger partial charge in [0.2, 0.25) is 0 Å². The molecule has 3 rings (SSSR count). The number of piperazine rings is 1. The topological polar surface area (TPSA) is 41.4 Å². The molecule has 1 aliphatic rings. The lowest BCUT2D eigenvalue weighted by molar-refractivity contribution is 0.0371. The Morgan fingerprint density at radius 1 is 1.25 bits per heavy atom. The fraction of sp³-hybridized carbons (Fsp3) is 0.474. The van der Waals surface area contributed by atoms with E-state index < -0.39 is 0 Å². The van der Waals surface area contributed by atoms with Gasteiger partial charge in [-0.2, -0.15) is 0 Å². The van der Waals surface area contributed by atoms with E-state index >= 15 is 0 Å². The van der Waals surface area contributed by atoms with Gasteiger partial charge in [0.05, 0.1) is 6.33 Å². The molecule has 0 saturated carbocycles. The number of imidazole rings is 1. The predicted octanol–water partition coefficient (Wildman–Crippen LogP) is 2.82.